The van der Waals surface area contributed by atoms with Gasteiger partial charge in [-0.15, -0.1) is 0 Å². The lowest BCUT2D eigenvalue weighted by Crippen LogP contribution is -2.44. The van der Waals surface area contributed by atoms with Gasteiger partial charge in [-0.1, -0.05) is 11.6 Å². The predicted molar refractivity (Wildman–Crippen MR) is 61.6 cm³/mol. The maximum absolute atomic E-state index is 5.93. The van der Waals surface area contributed by atoms with Crippen LogP contribution in [0.2, 0.25) is 5.15 Å². The normalized spacial score (nSPS) is 25.6. The van der Waals surface area contributed by atoms with E-state index in [0.717, 1.165) is 23.0 Å². The van der Waals surface area contributed by atoms with Crippen molar-refractivity contribution in [3.05, 3.63) is 21.9 Å². The SMILES string of the molecule is NC1CC(Nc2cc(Br)cnc2Cl)C1. The monoisotopic (exact) mass is 275 g/mol. The van der Waals surface area contributed by atoms with E-state index in [1.54, 1.807) is 6.20 Å². The van der Waals surface area contributed by atoms with Crippen LogP contribution in [0.5, 0.6) is 0 Å². The molecule has 0 aliphatic heterocycles. The Morgan fingerprint density at radius 1 is 1.57 bits per heavy atom. The Morgan fingerprint density at radius 3 is 2.93 bits per heavy atom. The zero-order valence-electron chi connectivity index (χ0n) is 7.50. The molecule has 76 valence electrons. The number of rotatable bonds is 2. The number of nitrogens with one attached hydrogen (secondary N) is 1. The number of pyridine rings is 1. The van der Waals surface area contributed by atoms with Crippen LogP contribution >= 0.6 is 27.5 Å². The molecule has 3 nitrogen and oxygen atoms in total. The largest absolute Gasteiger partial charge is 0.380 e. The molecular weight excluding hydrogens is 265 g/mol. The van der Waals surface area contributed by atoms with Crippen molar-refractivity contribution >= 4 is 33.2 Å². The first-order valence-electron chi connectivity index (χ1n) is 4.48. The standard InChI is InChI=1S/C9H11BrClN3/c10-5-1-8(9(11)13-4-5)14-7-2-6(12)3-7/h1,4,6-7,14H,2-3,12H2. The molecule has 0 radical (unpaired) electrons. The average molecular weight is 277 g/mol. The molecule has 0 amide bonds. The molecule has 0 aromatic carbocycles. The first-order chi connectivity index (χ1) is 6.65. The quantitative estimate of drug-likeness (QED) is 0.816. The van der Waals surface area contributed by atoms with Gasteiger partial charge < -0.3 is 11.1 Å². The smallest absolute Gasteiger partial charge is 0.152 e. The van der Waals surface area contributed by atoms with Crippen LogP contribution in [-0.2, 0) is 0 Å². The van der Waals surface area contributed by atoms with E-state index < -0.39 is 0 Å². The minimum Gasteiger partial charge on any atom is -0.380 e. The van der Waals surface area contributed by atoms with Crippen LogP contribution in [0.4, 0.5) is 5.69 Å². The molecule has 5 heteroatoms. The summed E-state index contributed by atoms with van der Waals surface area (Å²) in [5.74, 6) is 0. The van der Waals surface area contributed by atoms with Gasteiger partial charge in [0.1, 0.15) is 0 Å². The highest BCUT2D eigenvalue weighted by Crippen LogP contribution is 2.28. The molecule has 0 saturated heterocycles. The van der Waals surface area contributed by atoms with Gasteiger partial charge in [-0.25, -0.2) is 4.98 Å². The molecular formula is C9H11BrClN3. The Hall–Kier alpha value is -0.320. The van der Waals surface area contributed by atoms with E-state index in [4.69, 9.17) is 17.3 Å². The molecule has 1 heterocycles. The van der Waals surface area contributed by atoms with Crippen molar-refractivity contribution in [2.75, 3.05) is 5.32 Å². The Balaban J connectivity index is 2.05. The first kappa shape index (κ1) is 10.2. The molecule has 1 fully saturated rings. The number of aromatic nitrogens is 1. The number of halogens is 2. The predicted octanol–water partition coefficient (Wildman–Crippen LogP) is 2.40. The highest BCUT2D eigenvalue weighted by molar-refractivity contribution is 9.10. The minimum atomic E-state index is 0.339. The molecule has 0 unspecified atom stereocenters. The molecule has 3 N–H and O–H groups in total. The number of nitrogens with two attached hydrogens (primary N) is 1. The summed E-state index contributed by atoms with van der Waals surface area (Å²) in [6, 6.07) is 2.71. The second-order valence-corrected chi connectivity index (χ2v) is 4.84. The number of nitrogens with zero attached hydrogens (tertiary/aromatic N) is 1. The first-order valence-corrected chi connectivity index (χ1v) is 5.65. The summed E-state index contributed by atoms with van der Waals surface area (Å²) < 4.78 is 0.924. The average Bonchev–Trinajstić information content (AvgIpc) is 2.09. The van der Waals surface area contributed by atoms with E-state index in [1.165, 1.54) is 0 Å². The van der Waals surface area contributed by atoms with Crippen molar-refractivity contribution in [1.82, 2.24) is 4.98 Å². The lowest BCUT2D eigenvalue weighted by atomic mass is 9.87. The van der Waals surface area contributed by atoms with Gasteiger partial charge >= 0.3 is 0 Å². The van der Waals surface area contributed by atoms with Gasteiger partial charge in [-0.3, -0.25) is 0 Å². The fourth-order valence-corrected chi connectivity index (χ4v) is 2.01. The highest BCUT2D eigenvalue weighted by Gasteiger charge is 2.26. The van der Waals surface area contributed by atoms with Gasteiger partial charge in [0.2, 0.25) is 0 Å². The molecule has 0 spiro atoms. The lowest BCUT2D eigenvalue weighted by molar-refractivity contribution is 0.373. The summed E-state index contributed by atoms with van der Waals surface area (Å²) in [6.07, 6.45) is 3.69. The van der Waals surface area contributed by atoms with Crippen molar-refractivity contribution in [2.45, 2.75) is 24.9 Å². The number of hydrogen-bond donors (Lipinski definition) is 2. The van der Waals surface area contributed by atoms with Crippen LogP contribution in [0.1, 0.15) is 12.8 Å². The van der Waals surface area contributed by atoms with Crippen LogP contribution in [0.15, 0.2) is 16.7 Å². The van der Waals surface area contributed by atoms with E-state index in [1.807, 2.05) is 6.07 Å². The number of anilines is 1. The summed E-state index contributed by atoms with van der Waals surface area (Å²) >= 11 is 9.28. The lowest BCUT2D eigenvalue weighted by Gasteiger charge is -2.33. The molecule has 1 aromatic heterocycles. The molecule has 1 aliphatic rings. The summed E-state index contributed by atoms with van der Waals surface area (Å²) in [6.45, 7) is 0. The summed E-state index contributed by atoms with van der Waals surface area (Å²) in [5, 5.41) is 3.82. The fraction of sp³-hybridized carbons (Fsp3) is 0.444. The topological polar surface area (TPSA) is 50.9 Å². The minimum absolute atomic E-state index is 0.339. The van der Waals surface area contributed by atoms with Gasteiger partial charge in [0.05, 0.1) is 5.69 Å². The van der Waals surface area contributed by atoms with Gasteiger partial charge in [-0.05, 0) is 34.8 Å². The van der Waals surface area contributed by atoms with Crippen LogP contribution in [-0.4, -0.2) is 17.1 Å². The second kappa shape index (κ2) is 4.04. The molecule has 1 aliphatic carbocycles. The van der Waals surface area contributed by atoms with Crippen molar-refractivity contribution < 1.29 is 0 Å². The molecule has 0 atom stereocenters. The van der Waals surface area contributed by atoms with Crippen molar-refractivity contribution in [3.63, 3.8) is 0 Å². The third-order valence-corrected chi connectivity index (χ3v) is 3.07. The Labute approximate surface area is 96.2 Å². The van der Waals surface area contributed by atoms with Gasteiger partial charge in [0.25, 0.3) is 0 Å². The zero-order chi connectivity index (χ0) is 10.1. The molecule has 1 aromatic rings. The molecule has 1 saturated carbocycles. The Bertz CT molecular complexity index is 339. The van der Waals surface area contributed by atoms with E-state index >= 15 is 0 Å². The van der Waals surface area contributed by atoms with Gasteiger partial charge in [0.15, 0.2) is 5.15 Å². The molecule has 14 heavy (non-hydrogen) atoms. The van der Waals surface area contributed by atoms with Crippen LogP contribution in [0.3, 0.4) is 0 Å². The maximum Gasteiger partial charge on any atom is 0.152 e. The van der Waals surface area contributed by atoms with Crippen LogP contribution in [0, 0.1) is 0 Å². The van der Waals surface area contributed by atoms with Crippen molar-refractivity contribution in [1.29, 1.82) is 0 Å². The van der Waals surface area contributed by atoms with Gasteiger partial charge in [-0.2, -0.15) is 0 Å². The van der Waals surface area contributed by atoms with Gasteiger partial charge in [0, 0.05) is 22.8 Å². The maximum atomic E-state index is 5.93. The Morgan fingerprint density at radius 2 is 2.29 bits per heavy atom. The van der Waals surface area contributed by atoms with E-state index in [0.29, 0.717) is 17.2 Å². The van der Waals surface area contributed by atoms with E-state index in [2.05, 4.69) is 26.2 Å². The highest BCUT2D eigenvalue weighted by atomic mass is 79.9. The second-order valence-electron chi connectivity index (χ2n) is 3.56. The van der Waals surface area contributed by atoms with E-state index in [-0.39, 0.29) is 0 Å². The summed E-state index contributed by atoms with van der Waals surface area (Å²) in [5.41, 5.74) is 6.57. The third kappa shape index (κ3) is 2.19. The number of hydrogen-bond acceptors (Lipinski definition) is 3. The van der Waals surface area contributed by atoms with Crippen LogP contribution < -0.4 is 11.1 Å². The Kier molecular flexibility index (Phi) is 2.95. The van der Waals surface area contributed by atoms with Crippen LogP contribution in [0.25, 0.3) is 0 Å². The summed E-state index contributed by atoms with van der Waals surface area (Å²) in [7, 11) is 0. The fourth-order valence-electron chi connectivity index (χ4n) is 1.52. The summed E-state index contributed by atoms with van der Waals surface area (Å²) in [4.78, 5) is 4.03. The van der Waals surface area contributed by atoms with Crippen molar-refractivity contribution in [2.24, 2.45) is 5.73 Å². The third-order valence-electron chi connectivity index (χ3n) is 2.34. The molecule has 0 bridgehead atoms. The molecule has 2 rings (SSSR count). The van der Waals surface area contributed by atoms with E-state index in [9.17, 15) is 0 Å². The zero-order valence-corrected chi connectivity index (χ0v) is 9.85. The van der Waals surface area contributed by atoms with Crippen molar-refractivity contribution in [3.8, 4) is 0 Å².